The first-order valence-corrected chi connectivity index (χ1v) is 6.65. The molecule has 0 aromatic heterocycles. The van der Waals surface area contributed by atoms with Crippen molar-refractivity contribution in [2.45, 2.75) is 46.2 Å². The van der Waals surface area contributed by atoms with Crippen molar-refractivity contribution in [2.24, 2.45) is 5.92 Å². The average Bonchev–Trinajstić information content (AvgIpc) is 2.33. The third kappa shape index (κ3) is 4.34. The molecule has 0 heterocycles. The lowest BCUT2D eigenvalue weighted by molar-refractivity contribution is -0.124. The zero-order valence-corrected chi connectivity index (χ0v) is 12.1. The van der Waals surface area contributed by atoms with Crippen molar-refractivity contribution in [3.63, 3.8) is 0 Å². The molecule has 1 aromatic rings. The van der Waals surface area contributed by atoms with Crippen LogP contribution in [0.1, 0.15) is 33.3 Å². The van der Waals surface area contributed by atoms with E-state index in [-0.39, 0.29) is 29.7 Å². The lowest BCUT2D eigenvalue weighted by Crippen LogP contribution is -2.44. The Bertz CT molecular complexity index is 463. The van der Waals surface area contributed by atoms with Gasteiger partial charge in [-0.15, -0.1) is 0 Å². The number of ketones is 1. The lowest BCUT2D eigenvalue weighted by Gasteiger charge is -2.22. The normalized spacial score (nSPS) is 13.1. The second-order valence-electron chi connectivity index (χ2n) is 5.51. The summed E-state index contributed by atoms with van der Waals surface area (Å²) in [6.45, 7) is 7.30. The molecule has 5 heteroatoms. The first kappa shape index (κ1) is 16.7. The summed E-state index contributed by atoms with van der Waals surface area (Å²) in [7, 11) is 0. The van der Waals surface area contributed by atoms with Crippen LogP contribution in [0.4, 0.5) is 13.2 Å². The molecule has 1 atom stereocenters. The Morgan fingerprint density at radius 2 is 1.60 bits per heavy atom. The molecule has 0 radical (unpaired) electrons. The van der Waals surface area contributed by atoms with Gasteiger partial charge in [0.15, 0.2) is 23.2 Å². The standard InChI is InChI=1S/C15H20F3NO/c1-8(2)15(20)13(19-9(3)4)7-10-5-11(16)14(18)12(17)6-10/h5-6,8-9,13,19H,7H2,1-4H3. The Morgan fingerprint density at radius 3 is 2.00 bits per heavy atom. The molecule has 20 heavy (non-hydrogen) atoms. The van der Waals surface area contributed by atoms with Gasteiger partial charge in [-0.25, -0.2) is 13.2 Å². The minimum absolute atomic E-state index is 0.0381. The van der Waals surface area contributed by atoms with Crippen molar-refractivity contribution in [3.8, 4) is 0 Å². The van der Waals surface area contributed by atoms with Crippen LogP contribution in [0.15, 0.2) is 12.1 Å². The monoisotopic (exact) mass is 287 g/mol. The van der Waals surface area contributed by atoms with Gasteiger partial charge >= 0.3 is 0 Å². The molecule has 1 aromatic carbocycles. The van der Waals surface area contributed by atoms with Gasteiger partial charge in [0.2, 0.25) is 0 Å². The number of benzene rings is 1. The summed E-state index contributed by atoms with van der Waals surface area (Å²) in [5.74, 6) is -4.19. The fourth-order valence-electron chi connectivity index (χ4n) is 2.01. The summed E-state index contributed by atoms with van der Waals surface area (Å²) in [5, 5.41) is 3.07. The van der Waals surface area contributed by atoms with Crippen molar-refractivity contribution in [1.29, 1.82) is 0 Å². The summed E-state index contributed by atoms with van der Waals surface area (Å²) >= 11 is 0. The molecule has 0 fully saturated rings. The van der Waals surface area contributed by atoms with Gasteiger partial charge < -0.3 is 5.32 Å². The molecule has 1 N–H and O–H groups in total. The molecule has 0 bridgehead atoms. The highest BCUT2D eigenvalue weighted by Crippen LogP contribution is 2.16. The summed E-state index contributed by atoms with van der Waals surface area (Å²) in [4.78, 5) is 12.1. The number of Topliss-reactive ketones (excluding diaryl/α,β-unsaturated/α-hetero) is 1. The number of hydrogen-bond acceptors (Lipinski definition) is 2. The van der Waals surface area contributed by atoms with E-state index in [4.69, 9.17) is 0 Å². The van der Waals surface area contributed by atoms with Crippen molar-refractivity contribution in [1.82, 2.24) is 5.32 Å². The van der Waals surface area contributed by atoms with Gasteiger partial charge in [-0.3, -0.25) is 4.79 Å². The minimum atomic E-state index is -1.49. The fourth-order valence-corrected chi connectivity index (χ4v) is 2.01. The lowest BCUT2D eigenvalue weighted by atomic mass is 9.95. The van der Waals surface area contributed by atoms with Crippen LogP contribution in [0.2, 0.25) is 0 Å². The van der Waals surface area contributed by atoms with E-state index < -0.39 is 23.5 Å². The number of rotatable bonds is 6. The van der Waals surface area contributed by atoms with Gasteiger partial charge in [0.05, 0.1) is 6.04 Å². The van der Waals surface area contributed by atoms with Crippen LogP contribution in [0.5, 0.6) is 0 Å². The van der Waals surface area contributed by atoms with E-state index in [1.807, 2.05) is 13.8 Å². The van der Waals surface area contributed by atoms with E-state index in [0.29, 0.717) is 0 Å². The predicted octanol–water partition coefficient (Wildman–Crippen LogP) is 3.24. The highest BCUT2D eigenvalue weighted by Gasteiger charge is 2.23. The Morgan fingerprint density at radius 1 is 1.10 bits per heavy atom. The van der Waals surface area contributed by atoms with Crippen molar-refractivity contribution in [2.75, 3.05) is 0 Å². The van der Waals surface area contributed by atoms with Crippen LogP contribution in [-0.4, -0.2) is 17.9 Å². The molecular weight excluding hydrogens is 267 g/mol. The largest absolute Gasteiger partial charge is 0.305 e. The van der Waals surface area contributed by atoms with Crippen LogP contribution in [-0.2, 0) is 11.2 Å². The van der Waals surface area contributed by atoms with Crippen LogP contribution in [0.3, 0.4) is 0 Å². The molecule has 1 unspecified atom stereocenters. The maximum absolute atomic E-state index is 13.2. The fraction of sp³-hybridized carbons (Fsp3) is 0.533. The molecule has 0 saturated heterocycles. The van der Waals surface area contributed by atoms with E-state index in [0.717, 1.165) is 12.1 Å². The number of carbonyl (C=O) groups excluding carboxylic acids is 1. The first-order chi connectivity index (χ1) is 9.22. The number of carbonyl (C=O) groups is 1. The molecule has 1 rings (SSSR count). The van der Waals surface area contributed by atoms with E-state index in [2.05, 4.69) is 5.32 Å². The Kier molecular flexibility index (Phi) is 5.74. The number of halogens is 3. The van der Waals surface area contributed by atoms with E-state index >= 15 is 0 Å². The molecule has 0 spiro atoms. The second-order valence-corrected chi connectivity index (χ2v) is 5.51. The summed E-state index contributed by atoms with van der Waals surface area (Å²) in [5.41, 5.74) is 0.258. The van der Waals surface area contributed by atoms with Gasteiger partial charge in [-0.05, 0) is 24.1 Å². The highest BCUT2D eigenvalue weighted by atomic mass is 19.2. The van der Waals surface area contributed by atoms with Crippen molar-refractivity contribution >= 4 is 5.78 Å². The van der Waals surface area contributed by atoms with Crippen molar-refractivity contribution in [3.05, 3.63) is 35.1 Å². The predicted molar refractivity (Wildman–Crippen MR) is 71.9 cm³/mol. The molecular formula is C15H20F3NO. The smallest absolute Gasteiger partial charge is 0.194 e. The van der Waals surface area contributed by atoms with Gasteiger partial charge in [0, 0.05) is 12.0 Å². The number of hydrogen-bond donors (Lipinski definition) is 1. The SMILES string of the molecule is CC(C)NC(Cc1cc(F)c(F)c(F)c1)C(=O)C(C)C. The van der Waals surface area contributed by atoms with Crippen LogP contribution >= 0.6 is 0 Å². The van der Waals surface area contributed by atoms with Crippen LogP contribution < -0.4 is 5.32 Å². The molecule has 0 aliphatic heterocycles. The first-order valence-electron chi connectivity index (χ1n) is 6.65. The topological polar surface area (TPSA) is 29.1 Å². The van der Waals surface area contributed by atoms with E-state index in [1.165, 1.54) is 0 Å². The van der Waals surface area contributed by atoms with Crippen LogP contribution in [0.25, 0.3) is 0 Å². The zero-order valence-electron chi connectivity index (χ0n) is 12.1. The quantitative estimate of drug-likeness (QED) is 0.814. The third-order valence-electron chi connectivity index (χ3n) is 2.93. The average molecular weight is 287 g/mol. The Hall–Kier alpha value is -1.36. The maximum Gasteiger partial charge on any atom is 0.194 e. The third-order valence-corrected chi connectivity index (χ3v) is 2.93. The number of nitrogens with one attached hydrogen (secondary N) is 1. The Balaban J connectivity index is 2.97. The zero-order chi connectivity index (χ0) is 15.4. The van der Waals surface area contributed by atoms with Crippen molar-refractivity contribution < 1.29 is 18.0 Å². The molecule has 0 aliphatic carbocycles. The molecule has 0 amide bonds. The molecule has 2 nitrogen and oxygen atoms in total. The molecule has 0 aliphatic rings. The van der Waals surface area contributed by atoms with E-state index in [9.17, 15) is 18.0 Å². The molecule has 0 saturated carbocycles. The maximum atomic E-state index is 13.2. The van der Waals surface area contributed by atoms with Crippen LogP contribution in [0, 0.1) is 23.4 Å². The van der Waals surface area contributed by atoms with Gasteiger partial charge in [0.1, 0.15) is 0 Å². The van der Waals surface area contributed by atoms with Gasteiger partial charge in [-0.1, -0.05) is 27.7 Å². The molecule has 112 valence electrons. The Labute approximate surface area is 117 Å². The van der Waals surface area contributed by atoms with E-state index in [1.54, 1.807) is 13.8 Å². The summed E-state index contributed by atoms with van der Waals surface area (Å²) in [6, 6.07) is 1.37. The second kappa shape index (κ2) is 6.88. The minimum Gasteiger partial charge on any atom is -0.305 e. The van der Waals surface area contributed by atoms with Gasteiger partial charge in [0.25, 0.3) is 0 Å². The van der Waals surface area contributed by atoms with Gasteiger partial charge in [-0.2, -0.15) is 0 Å². The highest BCUT2D eigenvalue weighted by molar-refractivity contribution is 5.86. The summed E-state index contributed by atoms with van der Waals surface area (Å²) in [6.07, 6.45) is 0.128. The summed E-state index contributed by atoms with van der Waals surface area (Å²) < 4.78 is 39.3.